The molecule has 0 nitrogen and oxygen atoms in total. The number of fused-ring (bicyclic) bond motifs is 1. The van der Waals surface area contributed by atoms with Gasteiger partial charge in [0.1, 0.15) is 11.6 Å². The number of benzene rings is 2. The van der Waals surface area contributed by atoms with Crippen molar-refractivity contribution in [3.05, 3.63) is 64.7 Å². The lowest BCUT2D eigenvalue weighted by molar-refractivity contribution is 0.283. The molecule has 2 aromatic carbocycles. The van der Waals surface area contributed by atoms with E-state index < -0.39 is 0 Å². The van der Waals surface area contributed by atoms with Gasteiger partial charge < -0.3 is 0 Å². The summed E-state index contributed by atoms with van der Waals surface area (Å²) in [7, 11) is 0. The van der Waals surface area contributed by atoms with Crippen LogP contribution in [0.25, 0.3) is 17.2 Å². The van der Waals surface area contributed by atoms with Crippen LogP contribution in [0.5, 0.6) is 0 Å². The minimum Gasteiger partial charge on any atom is -0.207 e. The van der Waals surface area contributed by atoms with E-state index in [2.05, 4.69) is 13.0 Å². The molecule has 0 amide bonds. The Morgan fingerprint density at radius 2 is 1.63 bits per heavy atom. The van der Waals surface area contributed by atoms with E-state index in [4.69, 9.17) is 0 Å². The molecule has 2 aromatic rings. The fraction of sp³-hybridized carbons (Fsp3) is 0.440. The molecule has 27 heavy (non-hydrogen) atoms. The molecule has 0 radical (unpaired) electrons. The molecule has 0 N–H and O–H groups in total. The summed E-state index contributed by atoms with van der Waals surface area (Å²) >= 11 is 0. The summed E-state index contributed by atoms with van der Waals surface area (Å²) in [5.41, 5.74) is 4.69. The molecule has 2 aliphatic rings. The summed E-state index contributed by atoms with van der Waals surface area (Å²) in [5, 5.41) is 0. The second kappa shape index (κ2) is 7.96. The van der Waals surface area contributed by atoms with Crippen molar-refractivity contribution in [2.75, 3.05) is 0 Å². The molecule has 0 saturated heterocycles. The quantitative estimate of drug-likeness (QED) is 0.523. The molecule has 4 rings (SSSR count). The second-order valence-corrected chi connectivity index (χ2v) is 8.23. The van der Waals surface area contributed by atoms with Crippen LogP contribution in [-0.2, 0) is 6.42 Å². The highest BCUT2D eigenvalue weighted by Crippen LogP contribution is 2.40. The number of allylic oxidation sites excluding steroid dienone is 1. The van der Waals surface area contributed by atoms with Gasteiger partial charge in [0.05, 0.1) is 0 Å². The van der Waals surface area contributed by atoms with Crippen molar-refractivity contribution in [2.45, 2.75) is 58.3 Å². The lowest BCUT2D eigenvalue weighted by atomic mass is 9.74. The minimum atomic E-state index is -0.293. The molecule has 2 heteroatoms. The van der Waals surface area contributed by atoms with Crippen molar-refractivity contribution in [3.8, 4) is 11.1 Å². The van der Waals surface area contributed by atoms with Crippen molar-refractivity contribution in [3.63, 3.8) is 0 Å². The van der Waals surface area contributed by atoms with E-state index in [0.29, 0.717) is 11.5 Å². The zero-order valence-electron chi connectivity index (χ0n) is 16.1. The van der Waals surface area contributed by atoms with Crippen LogP contribution in [0.3, 0.4) is 0 Å². The summed E-state index contributed by atoms with van der Waals surface area (Å²) in [5.74, 6) is 1.17. The normalized spacial score (nSPS) is 22.3. The smallest absolute Gasteiger partial charge is 0.134 e. The molecule has 142 valence electrons. The number of rotatable bonds is 4. The molecule has 2 aliphatic carbocycles. The molecule has 0 spiro atoms. The van der Waals surface area contributed by atoms with Gasteiger partial charge in [0.2, 0.25) is 0 Å². The van der Waals surface area contributed by atoms with Gasteiger partial charge in [-0.25, -0.2) is 8.78 Å². The Balaban J connectivity index is 1.55. The Bertz CT molecular complexity index is 824. The van der Waals surface area contributed by atoms with Crippen molar-refractivity contribution in [1.82, 2.24) is 0 Å². The zero-order chi connectivity index (χ0) is 18.8. The maximum absolute atomic E-state index is 15.1. The van der Waals surface area contributed by atoms with Crippen LogP contribution in [0, 0.1) is 23.5 Å². The van der Waals surface area contributed by atoms with Gasteiger partial charge in [-0.2, -0.15) is 0 Å². The predicted octanol–water partition coefficient (Wildman–Crippen LogP) is 7.57. The lowest BCUT2D eigenvalue weighted by Crippen LogP contribution is -2.18. The first kappa shape index (κ1) is 18.4. The molecule has 0 aromatic heterocycles. The molecular formula is C25H28F2. The first-order valence-electron chi connectivity index (χ1n) is 10.4. The Morgan fingerprint density at radius 1 is 0.889 bits per heavy atom. The Morgan fingerprint density at radius 3 is 2.33 bits per heavy atom. The maximum Gasteiger partial charge on any atom is 0.134 e. The van der Waals surface area contributed by atoms with Gasteiger partial charge >= 0.3 is 0 Å². The van der Waals surface area contributed by atoms with E-state index in [0.717, 1.165) is 35.4 Å². The third kappa shape index (κ3) is 3.85. The monoisotopic (exact) mass is 366 g/mol. The number of halogens is 2. The lowest BCUT2D eigenvalue weighted by Gasteiger charge is -2.32. The SMILES string of the molecule is CCCC1CCC(C2=Cc3ccc(-c4ccc(F)cc4)c(F)c3CC2)CC1. The highest BCUT2D eigenvalue weighted by atomic mass is 19.1. The topological polar surface area (TPSA) is 0 Å². The van der Waals surface area contributed by atoms with Gasteiger partial charge in [0.25, 0.3) is 0 Å². The van der Waals surface area contributed by atoms with Crippen LogP contribution in [0.1, 0.15) is 63.0 Å². The Labute approximate surface area is 161 Å². The highest BCUT2D eigenvalue weighted by Gasteiger charge is 2.26. The van der Waals surface area contributed by atoms with Crippen molar-refractivity contribution < 1.29 is 8.78 Å². The van der Waals surface area contributed by atoms with Crippen molar-refractivity contribution in [2.24, 2.45) is 11.8 Å². The average Bonchev–Trinajstić information content (AvgIpc) is 2.70. The van der Waals surface area contributed by atoms with Crippen molar-refractivity contribution >= 4 is 6.08 Å². The van der Waals surface area contributed by atoms with E-state index in [1.165, 1.54) is 56.2 Å². The van der Waals surface area contributed by atoms with Crippen LogP contribution in [0.15, 0.2) is 42.0 Å². The maximum atomic E-state index is 15.1. The molecule has 0 atom stereocenters. The fourth-order valence-electron chi connectivity index (χ4n) is 4.97. The zero-order valence-corrected chi connectivity index (χ0v) is 16.1. The molecule has 0 aliphatic heterocycles. The molecule has 0 bridgehead atoms. The standard InChI is InChI=1S/C25H28F2/c1-2-3-17-4-6-18(7-5-17)20-10-14-24-21(16-20)11-15-23(25(24)27)19-8-12-22(26)13-9-19/h8-9,11-13,15-18H,2-7,10,14H2,1H3. The van der Waals surface area contributed by atoms with Crippen LogP contribution in [0.4, 0.5) is 8.78 Å². The van der Waals surface area contributed by atoms with Crippen LogP contribution in [-0.4, -0.2) is 0 Å². The first-order valence-corrected chi connectivity index (χ1v) is 10.4. The van der Waals surface area contributed by atoms with Crippen LogP contribution in [0.2, 0.25) is 0 Å². The fourth-order valence-corrected chi connectivity index (χ4v) is 4.97. The van der Waals surface area contributed by atoms with Crippen molar-refractivity contribution in [1.29, 1.82) is 0 Å². The van der Waals surface area contributed by atoms with Gasteiger partial charge in [-0.05, 0) is 79.2 Å². The summed E-state index contributed by atoms with van der Waals surface area (Å²) in [6.45, 7) is 2.28. The highest BCUT2D eigenvalue weighted by molar-refractivity contribution is 5.70. The molecule has 0 unspecified atom stereocenters. The van der Waals surface area contributed by atoms with E-state index in [1.54, 1.807) is 12.1 Å². The number of hydrogen-bond donors (Lipinski definition) is 0. The summed E-state index contributed by atoms with van der Waals surface area (Å²) in [6.07, 6.45) is 11.9. The van der Waals surface area contributed by atoms with E-state index >= 15 is 4.39 Å². The Kier molecular flexibility index (Phi) is 5.43. The first-order chi connectivity index (χ1) is 13.2. The van der Waals surface area contributed by atoms with Crippen LogP contribution < -0.4 is 0 Å². The summed E-state index contributed by atoms with van der Waals surface area (Å²) in [4.78, 5) is 0. The largest absolute Gasteiger partial charge is 0.207 e. The van der Waals surface area contributed by atoms with Gasteiger partial charge in [-0.1, -0.05) is 55.7 Å². The molecule has 0 heterocycles. The van der Waals surface area contributed by atoms with E-state index in [-0.39, 0.29) is 11.6 Å². The summed E-state index contributed by atoms with van der Waals surface area (Å²) in [6, 6.07) is 9.97. The Hall–Kier alpha value is -1.96. The number of hydrogen-bond acceptors (Lipinski definition) is 0. The molecule has 1 fully saturated rings. The van der Waals surface area contributed by atoms with Gasteiger partial charge in [-0.15, -0.1) is 0 Å². The third-order valence-electron chi connectivity index (χ3n) is 6.51. The van der Waals surface area contributed by atoms with Gasteiger partial charge in [0.15, 0.2) is 0 Å². The predicted molar refractivity (Wildman–Crippen MR) is 108 cm³/mol. The van der Waals surface area contributed by atoms with E-state index in [1.807, 2.05) is 12.1 Å². The van der Waals surface area contributed by atoms with E-state index in [9.17, 15) is 4.39 Å². The minimum absolute atomic E-state index is 0.138. The molecular weight excluding hydrogens is 338 g/mol. The van der Waals surface area contributed by atoms with Crippen LogP contribution >= 0.6 is 0 Å². The van der Waals surface area contributed by atoms with Gasteiger partial charge in [0, 0.05) is 5.56 Å². The third-order valence-corrected chi connectivity index (χ3v) is 6.51. The second-order valence-electron chi connectivity index (χ2n) is 8.23. The average molecular weight is 366 g/mol. The summed E-state index contributed by atoms with van der Waals surface area (Å²) < 4.78 is 28.3. The molecule has 1 saturated carbocycles. The van der Waals surface area contributed by atoms with Gasteiger partial charge in [-0.3, -0.25) is 0 Å².